The summed E-state index contributed by atoms with van der Waals surface area (Å²) in [7, 11) is 0. The van der Waals surface area contributed by atoms with Crippen molar-refractivity contribution in [2.45, 2.75) is 18.9 Å². The molecule has 0 aromatic heterocycles. The molecule has 0 heterocycles. The van der Waals surface area contributed by atoms with Gasteiger partial charge in [-0.2, -0.15) is 0 Å². The molecule has 3 nitrogen and oxygen atoms in total. The van der Waals surface area contributed by atoms with Gasteiger partial charge in [-0.05, 0) is 47.0 Å². The van der Waals surface area contributed by atoms with Crippen LogP contribution < -0.4 is 10.6 Å². The number of urea groups is 1. The fourth-order valence-electron chi connectivity index (χ4n) is 1.15. The van der Waals surface area contributed by atoms with Crippen LogP contribution >= 0.6 is 27.5 Å². The number of amides is 2. The number of hydrogen-bond acceptors (Lipinski definition) is 1. The second-order valence-electron chi connectivity index (χ2n) is 3.50. The van der Waals surface area contributed by atoms with E-state index < -0.39 is 0 Å². The molecule has 0 aliphatic heterocycles. The predicted molar refractivity (Wildman–Crippen MR) is 64.3 cm³/mol. The van der Waals surface area contributed by atoms with Crippen LogP contribution in [0.1, 0.15) is 12.8 Å². The Morgan fingerprint density at radius 1 is 1.47 bits per heavy atom. The normalized spacial score (nSPS) is 14.8. The molecule has 0 saturated heterocycles. The minimum Gasteiger partial charge on any atom is -0.335 e. The number of benzene rings is 1. The van der Waals surface area contributed by atoms with Crippen molar-refractivity contribution in [3.05, 3.63) is 27.7 Å². The Morgan fingerprint density at radius 3 is 2.80 bits per heavy atom. The van der Waals surface area contributed by atoms with Gasteiger partial charge >= 0.3 is 6.03 Å². The number of halogens is 2. The van der Waals surface area contributed by atoms with Crippen molar-refractivity contribution in [2.24, 2.45) is 0 Å². The summed E-state index contributed by atoms with van der Waals surface area (Å²) < 4.78 is 0.817. The first-order chi connectivity index (χ1) is 7.15. The molecular formula is C10H10BrClN2O. The molecule has 2 amide bonds. The predicted octanol–water partition coefficient (Wildman–Crippen LogP) is 3.39. The van der Waals surface area contributed by atoms with E-state index in [4.69, 9.17) is 11.6 Å². The Morgan fingerprint density at radius 2 is 2.20 bits per heavy atom. The third-order valence-electron chi connectivity index (χ3n) is 2.09. The van der Waals surface area contributed by atoms with Crippen molar-refractivity contribution in [3.8, 4) is 0 Å². The van der Waals surface area contributed by atoms with Gasteiger partial charge in [0.2, 0.25) is 0 Å². The molecule has 0 radical (unpaired) electrons. The summed E-state index contributed by atoms with van der Waals surface area (Å²) in [6.07, 6.45) is 2.16. The lowest BCUT2D eigenvalue weighted by Crippen LogP contribution is -2.30. The molecule has 1 aromatic carbocycles. The third-order valence-corrected chi connectivity index (χ3v) is 3.32. The number of nitrogens with one attached hydrogen (secondary N) is 2. The van der Waals surface area contributed by atoms with Crippen LogP contribution in [0, 0.1) is 0 Å². The topological polar surface area (TPSA) is 41.1 Å². The molecule has 1 aliphatic carbocycles. The molecule has 1 fully saturated rings. The van der Waals surface area contributed by atoms with E-state index in [1.165, 1.54) is 0 Å². The largest absolute Gasteiger partial charge is 0.335 e. The maximum Gasteiger partial charge on any atom is 0.319 e. The zero-order valence-corrected chi connectivity index (χ0v) is 10.2. The van der Waals surface area contributed by atoms with E-state index >= 15 is 0 Å². The highest BCUT2D eigenvalue weighted by Crippen LogP contribution is 2.25. The third kappa shape index (κ3) is 3.11. The average molecular weight is 290 g/mol. The lowest BCUT2D eigenvalue weighted by molar-refractivity contribution is 0.251. The van der Waals surface area contributed by atoms with Gasteiger partial charge in [0.1, 0.15) is 0 Å². The van der Waals surface area contributed by atoms with Crippen LogP contribution in [0.4, 0.5) is 10.5 Å². The molecule has 15 heavy (non-hydrogen) atoms. The van der Waals surface area contributed by atoms with Gasteiger partial charge < -0.3 is 10.6 Å². The first-order valence-corrected chi connectivity index (χ1v) is 5.85. The maximum absolute atomic E-state index is 11.4. The first-order valence-electron chi connectivity index (χ1n) is 4.68. The molecule has 0 atom stereocenters. The second kappa shape index (κ2) is 4.41. The Balaban J connectivity index is 1.97. The summed E-state index contributed by atoms with van der Waals surface area (Å²) in [6.45, 7) is 0. The van der Waals surface area contributed by atoms with E-state index in [2.05, 4.69) is 26.6 Å². The Kier molecular flexibility index (Phi) is 3.17. The fourth-order valence-corrected chi connectivity index (χ4v) is 1.58. The average Bonchev–Trinajstić information content (AvgIpc) is 2.95. The molecule has 0 unspecified atom stereocenters. The first kappa shape index (κ1) is 10.8. The zero-order chi connectivity index (χ0) is 10.8. The van der Waals surface area contributed by atoms with Gasteiger partial charge in [-0.25, -0.2) is 4.79 Å². The van der Waals surface area contributed by atoms with Crippen LogP contribution in [0.5, 0.6) is 0 Å². The maximum atomic E-state index is 11.4. The molecule has 2 N–H and O–H groups in total. The molecule has 1 aliphatic rings. The molecule has 0 bridgehead atoms. The molecule has 0 spiro atoms. The summed E-state index contributed by atoms with van der Waals surface area (Å²) in [5.41, 5.74) is 0.696. The zero-order valence-electron chi connectivity index (χ0n) is 7.89. The number of rotatable bonds is 2. The SMILES string of the molecule is O=C(Nc1ccc(Br)c(Cl)c1)NC1CC1. The number of hydrogen-bond donors (Lipinski definition) is 2. The standard InChI is InChI=1S/C10H10BrClN2O/c11-8-4-3-7(5-9(8)12)14-10(15)13-6-1-2-6/h3-6H,1-2H2,(H2,13,14,15). The highest BCUT2D eigenvalue weighted by Gasteiger charge is 2.23. The molecule has 1 saturated carbocycles. The van der Waals surface area contributed by atoms with Crippen molar-refractivity contribution in [3.63, 3.8) is 0 Å². The minimum absolute atomic E-state index is 0.170. The van der Waals surface area contributed by atoms with E-state index in [9.17, 15) is 4.79 Å². The smallest absolute Gasteiger partial charge is 0.319 e. The van der Waals surface area contributed by atoms with Crippen LogP contribution in [0.25, 0.3) is 0 Å². The van der Waals surface area contributed by atoms with Gasteiger partial charge in [0.15, 0.2) is 0 Å². The van der Waals surface area contributed by atoms with Gasteiger partial charge in [-0.3, -0.25) is 0 Å². The van der Waals surface area contributed by atoms with Gasteiger partial charge in [-0.15, -0.1) is 0 Å². The molecule has 5 heteroatoms. The number of carbonyl (C=O) groups is 1. The van der Waals surface area contributed by atoms with Gasteiger partial charge in [0.05, 0.1) is 5.02 Å². The molecular weight excluding hydrogens is 279 g/mol. The fraction of sp³-hybridized carbons (Fsp3) is 0.300. The number of carbonyl (C=O) groups excluding carboxylic acids is 1. The summed E-state index contributed by atoms with van der Waals surface area (Å²) in [5.74, 6) is 0. The Hall–Kier alpha value is -0.740. The van der Waals surface area contributed by atoms with Crippen LogP contribution in [0.15, 0.2) is 22.7 Å². The highest BCUT2D eigenvalue weighted by atomic mass is 79.9. The van der Waals surface area contributed by atoms with Crippen LogP contribution in [-0.4, -0.2) is 12.1 Å². The summed E-state index contributed by atoms with van der Waals surface area (Å²) >= 11 is 9.18. The van der Waals surface area contributed by atoms with Crippen molar-refractivity contribution in [1.82, 2.24) is 5.32 Å². The Bertz CT molecular complexity index is 393. The van der Waals surface area contributed by atoms with Crippen LogP contribution in [0.3, 0.4) is 0 Å². The minimum atomic E-state index is -0.170. The lowest BCUT2D eigenvalue weighted by Gasteiger charge is -2.07. The van der Waals surface area contributed by atoms with E-state index in [-0.39, 0.29) is 6.03 Å². The molecule has 2 rings (SSSR count). The van der Waals surface area contributed by atoms with E-state index in [0.717, 1.165) is 17.3 Å². The molecule has 80 valence electrons. The second-order valence-corrected chi connectivity index (χ2v) is 4.76. The van der Waals surface area contributed by atoms with Gasteiger partial charge in [-0.1, -0.05) is 11.6 Å². The summed E-state index contributed by atoms with van der Waals surface area (Å²) in [6, 6.07) is 5.49. The van der Waals surface area contributed by atoms with Crippen molar-refractivity contribution < 1.29 is 4.79 Å². The van der Waals surface area contributed by atoms with Crippen molar-refractivity contribution in [2.75, 3.05) is 5.32 Å². The summed E-state index contributed by atoms with van der Waals surface area (Å²) in [5, 5.41) is 6.14. The summed E-state index contributed by atoms with van der Waals surface area (Å²) in [4.78, 5) is 11.4. The quantitative estimate of drug-likeness (QED) is 0.861. The van der Waals surface area contributed by atoms with Crippen molar-refractivity contribution in [1.29, 1.82) is 0 Å². The monoisotopic (exact) mass is 288 g/mol. The van der Waals surface area contributed by atoms with Gasteiger partial charge in [0.25, 0.3) is 0 Å². The van der Waals surface area contributed by atoms with E-state index in [1.807, 2.05) is 0 Å². The van der Waals surface area contributed by atoms with Crippen LogP contribution in [-0.2, 0) is 0 Å². The van der Waals surface area contributed by atoms with E-state index in [1.54, 1.807) is 18.2 Å². The Labute approximate surface area is 101 Å². The van der Waals surface area contributed by atoms with Crippen LogP contribution in [0.2, 0.25) is 5.02 Å². The highest BCUT2D eigenvalue weighted by molar-refractivity contribution is 9.10. The van der Waals surface area contributed by atoms with Gasteiger partial charge in [0, 0.05) is 16.2 Å². The lowest BCUT2D eigenvalue weighted by atomic mass is 10.3. The van der Waals surface area contributed by atoms with E-state index in [0.29, 0.717) is 16.8 Å². The van der Waals surface area contributed by atoms with Crippen molar-refractivity contribution >= 4 is 39.2 Å². The number of anilines is 1. The molecule has 1 aromatic rings.